The first-order valence-electron chi connectivity index (χ1n) is 10.0. The third-order valence-corrected chi connectivity index (χ3v) is 5.27. The van der Waals surface area contributed by atoms with Gasteiger partial charge >= 0.3 is 0 Å². The van der Waals surface area contributed by atoms with Gasteiger partial charge < -0.3 is 5.11 Å². The molecule has 1 nitrogen and oxygen atoms in total. The Hall–Kier alpha value is -3.16. The average Bonchev–Trinajstić information content (AvgIpc) is 2.81. The van der Waals surface area contributed by atoms with Gasteiger partial charge in [-0.25, -0.2) is 0 Å². The van der Waals surface area contributed by atoms with Crippen molar-refractivity contribution in [2.45, 2.75) is 25.4 Å². The molecule has 0 aliphatic carbocycles. The normalized spacial score (nSPS) is 10.9. The van der Waals surface area contributed by atoms with Gasteiger partial charge in [0.25, 0.3) is 0 Å². The molecule has 0 spiro atoms. The van der Waals surface area contributed by atoms with Crippen LogP contribution in [0.15, 0.2) is 121 Å². The molecule has 0 unspecified atom stereocenters. The Kier molecular flexibility index (Phi) is 6.99. The summed E-state index contributed by atoms with van der Waals surface area (Å²) in [6.07, 6.45) is 0. The molecule has 4 aromatic carbocycles. The second-order valence-electron chi connectivity index (χ2n) is 7.35. The first kappa shape index (κ1) is 20.6. The highest BCUT2D eigenvalue weighted by molar-refractivity contribution is 5.34. The summed E-state index contributed by atoms with van der Waals surface area (Å²) in [5.74, 6) is 0.484. The molecule has 0 radical (unpaired) electrons. The van der Waals surface area contributed by atoms with Crippen LogP contribution in [0, 0.1) is 0 Å². The summed E-state index contributed by atoms with van der Waals surface area (Å²) in [6.45, 7) is 4.06. The van der Waals surface area contributed by atoms with Crippen LogP contribution in [0.25, 0.3) is 0 Å². The van der Waals surface area contributed by atoms with E-state index in [0.29, 0.717) is 5.92 Å². The van der Waals surface area contributed by atoms with Crippen LogP contribution in [-0.4, -0.2) is 5.11 Å². The fourth-order valence-electron chi connectivity index (χ4n) is 3.37. The van der Waals surface area contributed by atoms with E-state index in [0.717, 1.165) is 11.1 Å². The van der Waals surface area contributed by atoms with E-state index in [1.54, 1.807) is 0 Å². The van der Waals surface area contributed by atoms with Crippen molar-refractivity contribution >= 4 is 0 Å². The molecule has 0 saturated heterocycles. The quantitative estimate of drug-likeness (QED) is 0.414. The third-order valence-electron chi connectivity index (χ3n) is 5.27. The van der Waals surface area contributed by atoms with Gasteiger partial charge in [-0.3, -0.25) is 0 Å². The lowest BCUT2D eigenvalue weighted by atomic mass is 9.88. The van der Waals surface area contributed by atoms with Crippen LogP contribution < -0.4 is 0 Å². The van der Waals surface area contributed by atoms with Gasteiger partial charge in [0, 0.05) is 5.92 Å². The van der Waals surface area contributed by atoms with Gasteiger partial charge in [0.15, 0.2) is 0 Å². The molecule has 0 amide bonds. The first-order valence-corrected chi connectivity index (χ1v) is 10.0. The van der Waals surface area contributed by atoms with E-state index in [1.165, 1.54) is 11.1 Å². The second-order valence-corrected chi connectivity index (χ2v) is 7.35. The fraction of sp³-hybridized carbons (Fsp3) is 0.143. The maximum atomic E-state index is 10.5. The monoisotopic (exact) mass is 380 g/mol. The minimum absolute atomic E-state index is 0.484. The Morgan fingerprint density at radius 2 is 0.793 bits per heavy atom. The van der Waals surface area contributed by atoms with Gasteiger partial charge in [-0.05, 0) is 29.2 Å². The Bertz CT molecular complexity index is 881. The zero-order valence-corrected chi connectivity index (χ0v) is 17.1. The fourth-order valence-corrected chi connectivity index (χ4v) is 3.37. The van der Waals surface area contributed by atoms with E-state index >= 15 is 0 Å². The number of aliphatic hydroxyl groups is 1. The lowest BCUT2D eigenvalue weighted by molar-refractivity contribution is 0.102. The molecule has 4 aromatic rings. The maximum absolute atomic E-state index is 10.5. The minimum atomic E-state index is -0.914. The zero-order chi connectivity index (χ0) is 20.5. The molecule has 0 atom stereocenters. The van der Waals surface area contributed by atoms with Crippen LogP contribution in [0.4, 0.5) is 0 Å². The maximum Gasteiger partial charge on any atom is 0.112 e. The predicted octanol–water partition coefficient (Wildman–Crippen LogP) is 6.78. The third kappa shape index (κ3) is 5.43. The summed E-state index contributed by atoms with van der Waals surface area (Å²) in [7, 11) is 0. The molecular formula is C28H28O. The molecule has 146 valence electrons. The Morgan fingerprint density at radius 1 is 0.517 bits per heavy atom. The van der Waals surface area contributed by atoms with Gasteiger partial charge in [0.1, 0.15) is 5.60 Å². The van der Waals surface area contributed by atoms with E-state index in [2.05, 4.69) is 67.6 Å². The van der Waals surface area contributed by atoms with Crippen LogP contribution in [0.1, 0.15) is 42.0 Å². The van der Waals surface area contributed by atoms with Gasteiger partial charge in [-0.15, -0.1) is 0 Å². The van der Waals surface area contributed by atoms with Crippen molar-refractivity contribution in [2.24, 2.45) is 0 Å². The second kappa shape index (κ2) is 9.86. The summed E-state index contributed by atoms with van der Waals surface area (Å²) in [6, 6.07) is 40.6. The van der Waals surface area contributed by atoms with Crippen molar-refractivity contribution in [3.05, 3.63) is 144 Å². The molecule has 0 aromatic heterocycles. The molecule has 29 heavy (non-hydrogen) atoms. The van der Waals surface area contributed by atoms with Crippen molar-refractivity contribution < 1.29 is 5.11 Å². The summed E-state index contributed by atoms with van der Waals surface area (Å²) < 4.78 is 0. The molecular weight excluding hydrogens is 352 g/mol. The summed E-state index contributed by atoms with van der Waals surface area (Å²) in [5, 5.41) is 10.5. The zero-order valence-electron chi connectivity index (χ0n) is 17.1. The molecule has 0 saturated carbocycles. The molecule has 0 heterocycles. The highest BCUT2D eigenvalue weighted by Crippen LogP contribution is 2.28. The van der Waals surface area contributed by atoms with Crippen molar-refractivity contribution in [1.29, 1.82) is 0 Å². The van der Waals surface area contributed by atoms with Crippen LogP contribution in [0.3, 0.4) is 0 Å². The van der Waals surface area contributed by atoms with E-state index < -0.39 is 5.60 Å². The molecule has 0 fully saturated rings. The lowest BCUT2D eigenvalue weighted by Crippen LogP contribution is -2.22. The molecule has 0 bridgehead atoms. The predicted molar refractivity (Wildman–Crippen MR) is 122 cm³/mol. The Balaban J connectivity index is 0.000000166. The highest BCUT2D eigenvalue weighted by Gasteiger charge is 2.24. The van der Waals surface area contributed by atoms with E-state index in [4.69, 9.17) is 0 Å². The average molecular weight is 381 g/mol. The molecule has 1 heteroatoms. The number of hydrogen-bond donors (Lipinski definition) is 1. The summed E-state index contributed by atoms with van der Waals surface area (Å²) in [5.41, 5.74) is 3.66. The largest absolute Gasteiger partial charge is 0.381 e. The van der Waals surface area contributed by atoms with Crippen LogP contribution in [-0.2, 0) is 5.60 Å². The van der Waals surface area contributed by atoms with Crippen molar-refractivity contribution in [3.63, 3.8) is 0 Å². The van der Waals surface area contributed by atoms with Crippen LogP contribution >= 0.6 is 0 Å². The van der Waals surface area contributed by atoms with E-state index in [1.807, 2.05) is 67.6 Å². The van der Waals surface area contributed by atoms with Crippen molar-refractivity contribution in [3.8, 4) is 0 Å². The van der Waals surface area contributed by atoms with Crippen molar-refractivity contribution in [1.82, 2.24) is 0 Å². The topological polar surface area (TPSA) is 20.2 Å². The van der Waals surface area contributed by atoms with Crippen LogP contribution in [0.2, 0.25) is 0 Å². The van der Waals surface area contributed by atoms with E-state index in [9.17, 15) is 5.11 Å². The lowest BCUT2D eigenvalue weighted by Gasteiger charge is -2.24. The molecule has 0 aliphatic rings. The molecule has 4 rings (SSSR count). The molecule has 0 aliphatic heterocycles. The van der Waals surface area contributed by atoms with Gasteiger partial charge in [-0.2, -0.15) is 0 Å². The molecule has 1 N–H and O–H groups in total. The van der Waals surface area contributed by atoms with Gasteiger partial charge in [-0.1, -0.05) is 128 Å². The SMILES string of the molecule is CC(O)(c1ccccc1)c1ccccc1.CC(c1ccccc1)c1ccccc1. The first-order chi connectivity index (χ1) is 14.1. The summed E-state index contributed by atoms with van der Waals surface area (Å²) in [4.78, 5) is 0. The Labute approximate surface area is 174 Å². The number of benzene rings is 4. The number of hydrogen-bond acceptors (Lipinski definition) is 1. The van der Waals surface area contributed by atoms with Gasteiger partial charge in [0.2, 0.25) is 0 Å². The smallest absolute Gasteiger partial charge is 0.112 e. The number of rotatable bonds is 4. The van der Waals surface area contributed by atoms with Gasteiger partial charge in [0.05, 0.1) is 0 Å². The minimum Gasteiger partial charge on any atom is -0.381 e. The Morgan fingerprint density at radius 3 is 1.10 bits per heavy atom. The summed E-state index contributed by atoms with van der Waals surface area (Å²) >= 11 is 0. The van der Waals surface area contributed by atoms with E-state index in [-0.39, 0.29) is 0 Å². The van der Waals surface area contributed by atoms with Crippen molar-refractivity contribution in [2.75, 3.05) is 0 Å². The van der Waals surface area contributed by atoms with Crippen LogP contribution in [0.5, 0.6) is 0 Å². The highest BCUT2D eigenvalue weighted by atomic mass is 16.3. The standard InChI is InChI=1S/C14H14O.C14H14/c1-14(15,12-8-4-2-5-9-12)13-10-6-3-7-11-13;1-12(13-8-4-2-5-9-13)14-10-6-3-7-11-14/h2-11,15H,1H3;2-12H,1H3.